The maximum absolute atomic E-state index is 12.8. The third-order valence-corrected chi connectivity index (χ3v) is 4.77. The van der Waals surface area contributed by atoms with E-state index in [1.54, 1.807) is 24.3 Å². The molecule has 4 amide bonds. The van der Waals surface area contributed by atoms with Crippen molar-refractivity contribution in [1.29, 1.82) is 0 Å². The van der Waals surface area contributed by atoms with Crippen molar-refractivity contribution < 1.29 is 14.4 Å². The van der Waals surface area contributed by atoms with Crippen LogP contribution in [0.2, 0.25) is 5.02 Å². The molecule has 1 saturated heterocycles. The predicted molar refractivity (Wildman–Crippen MR) is 110 cm³/mol. The molecule has 1 fully saturated rings. The minimum absolute atomic E-state index is 0.106. The molecular formula is C21H20ClN3O3. The molecule has 0 unspecified atom stereocenters. The largest absolute Gasteiger partial charge is 0.372 e. The zero-order chi connectivity index (χ0) is 20.3. The number of rotatable bonds is 5. The second kappa shape index (κ2) is 8.27. The van der Waals surface area contributed by atoms with Crippen molar-refractivity contribution in [3.63, 3.8) is 0 Å². The van der Waals surface area contributed by atoms with Gasteiger partial charge in [0.1, 0.15) is 5.57 Å². The Kier molecular flexibility index (Phi) is 5.80. The Balaban J connectivity index is 1.91. The lowest BCUT2D eigenvalue weighted by Gasteiger charge is -2.26. The fourth-order valence-corrected chi connectivity index (χ4v) is 3.14. The van der Waals surface area contributed by atoms with E-state index < -0.39 is 17.8 Å². The second-order valence-electron chi connectivity index (χ2n) is 6.20. The number of imide groups is 2. The van der Waals surface area contributed by atoms with E-state index in [0.29, 0.717) is 16.3 Å². The van der Waals surface area contributed by atoms with Crippen LogP contribution in [0.25, 0.3) is 6.08 Å². The first-order valence-corrected chi connectivity index (χ1v) is 9.34. The monoisotopic (exact) mass is 397 g/mol. The summed E-state index contributed by atoms with van der Waals surface area (Å²) in [5, 5.41) is 2.69. The van der Waals surface area contributed by atoms with Crippen molar-refractivity contribution in [1.82, 2.24) is 5.32 Å². The summed E-state index contributed by atoms with van der Waals surface area (Å²) in [6, 6.07) is 13.0. The number of anilines is 2. The molecule has 0 spiro atoms. The van der Waals surface area contributed by atoms with E-state index in [9.17, 15) is 14.4 Å². The number of hydrogen-bond acceptors (Lipinski definition) is 4. The van der Waals surface area contributed by atoms with Crippen LogP contribution in [0, 0.1) is 0 Å². The molecule has 1 N–H and O–H groups in total. The lowest BCUT2D eigenvalue weighted by molar-refractivity contribution is -0.122. The first-order chi connectivity index (χ1) is 13.4. The van der Waals surface area contributed by atoms with Gasteiger partial charge in [-0.2, -0.15) is 0 Å². The van der Waals surface area contributed by atoms with Gasteiger partial charge in [0, 0.05) is 23.8 Å². The second-order valence-corrected chi connectivity index (χ2v) is 6.63. The summed E-state index contributed by atoms with van der Waals surface area (Å²) in [5.41, 5.74) is 1.98. The molecule has 1 heterocycles. The van der Waals surface area contributed by atoms with Crippen LogP contribution in [-0.2, 0) is 9.59 Å². The van der Waals surface area contributed by atoms with Crippen LogP contribution in [0.4, 0.5) is 16.2 Å². The van der Waals surface area contributed by atoms with Crippen LogP contribution >= 0.6 is 11.6 Å². The van der Waals surface area contributed by atoms with E-state index in [-0.39, 0.29) is 5.57 Å². The van der Waals surface area contributed by atoms with Crippen molar-refractivity contribution in [2.45, 2.75) is 13.8 Å². The zero-order valence-corrected chi connectivity index (χ0v) is 16.4. The zero-order valence-electron chi connectivity index (χ0n) is 15.6. The molecule has 0 bridgehead atoms. The molecule has 6 nitrogen and oxygen atoms in total. The molecule has 144 valence electrons. The van der Waals surface area contributed by atoms with Gasteiger partial charge in [-0.1, -0.05) is 23.7 Å². The minimum Gasteiger partial charge on any atom is -0.372 e. The van der Waals surface area contributed by atoms with Gasteiger partial charge in [0.25, 0.3) is 11.8 Å². The Bertz CT molecular complexity index is 932. The molecule has 1 aliphatic rings. The van der Waals surface area contributed by atoms with Gasteiger partial charge in [0.15, 0.2) is 0 Å². The highest BCUT2D eigenvalue weighted by Crippen LogP contribution is 2.24. The summed E-state index contributed by atoms with van der Waals surface area (Å²) in [6.07, 6.45) is 1.49. The Morgan fingerprint density at radius 3 is 2.14 bits per heavy atom. The third kappa shape index (κ3) is 3.92. The SMILES string of the molecule is CCN(CC)c1ccc(/C=C2/C(=O)NC(=O)N(c3ccc(Cl)cc3)C2=O)cc1. The highest BCUT2D eigenvalue weighted by Gasteiger charge is 2.36. The van der Waals surface area contributed by atoms with Crippen molar-refractivity contribution in [2.75, 3.05) is 22.9 Å². The van der Waals surface area contributed by atoms with Gasteiger partial charge in [-0.25, -0.2) is 9.69 Å². The van der Waals surface area contributed by atoms with Crippen molar-refractivity contribution in [2.24, 2.45) is 0 Å². The smallest absolute Gasteiger partial charge is 0.335 e. The lowest BCUT2D eigenvalue weighted by atomic mass is 10.1. The van der Waals surface area contributed by atoms with E-state index in [1.807, 2.05) is 24.3 Å². The van der Waals surface area contributed by atoms with Gasteiger partial charge in [-0.05, 0) is 61.9 Å². The number of amides is 4. The van der Waals surface area contributed by atoms with Gasteiger partial charge in [-0.15, -0.1) is 0 Å². The minimum atomic E-state index is -0.786. The Labute approximate surface area is 168 Å². The summed E-state index contributed by atoms with van der Waals surface area (Å²) >= 11 is 5.87. The first kappa shape index (κ1) is 19.6. The predicted octanol–water partition coefficient (Wildman–Crippen LogP) is 3.85. The number of nitrogens with one attached hydrogen (secondary N) is 1. The van der Waals surface area contributed by atoms with Gasteiger partial charge in [-0.3, -0.25) is 14.9 Å². The fraction of sp³-hybridized carbons (Fsp3) is 0.190. The average Bonchev–Trinajstić information content (AvgIpc) is 2.68. The molecule has 0 atom stereocenters. The number of urea groups is 1. The molecule has 0 radical (unpaired) electrons. The number of halogens is 1. The van der Waals surface area contributed by atoms with E-state index >= 15 is 0 Å². The van der Waals surface area contributed by atoms with Gasteiger partial charge in [0.2, 0.25) is 0 Å². The highest BCUT2D eigenvalue weighted by molar-refractivity contribution is 6.39. The van der Waals surface area contributed by atoms with E-state index in [1.165, 1.54) is 6.08 Å². The lowest BCUT2D eigenvalue weighted by Crippen LogP contribution is -2.54. The van der Waals surface area contributed by atoms with E-state index in [2.05, 4.69) is 24.1 Å². The van der Waals surface area contributed by atoms with Crippen molar-refractivity contribution in [3.05, 3.63) is 64.7 Å². The molecule has 0 aliphatic carbocycles. The molecular weight excluding hydrogens is 378 g/mol. The van der Waals surface area contributed by atoms with Gasteiger partial charge in [0.05, 0.1) is 5.69 Å². The topological polar surface area (TPSA) is 69.7 Å². The highest BCUT2D eigenvalue weighted by atomic mass is 35.5. The average molecular weight is 398 g/mol. The number of carbonyl (C=O) groups is 3. The van der Waals surface area contributed by atoms with Crippen molar-refractivity contribution in [3.8, 4) is 0 Å². The summed E-state index contributed by atoms with van der Waals surface area (Å²) in [6.45, 7) is 5.92. The number of carbonyl (C=O) groups excluding carboxylic acids is 3. The number of nitrogens with zero attached hydrogens (tertiary/aromatic N) is 2. The third-order valence-electron chi connectivity index (χ3n) is 4.52. The van der Waals surface area contributed by atoms with Crippen molar-refractivity contribution >= 4 is 46.9 Å². The van der Waals surface area contributed by atoms with Gasteiger partial charge < -0.3 is 4.90 Å². The quantitative estimate of drug-likeness (QED) is 0.614. The summed E-state index contributed by atoms with van der Waals surface area (Å²) in [4.78, 5) is 40.4. The van der Waals surface area contributed by atoms with E-state index in [4.69, 9.17) is 11.6 Å². The number of hydrogen-bond donors (Lipinski definition) is 1. The molecule has 1 aliphatic heterocycles. The maximum atomic E-state index is 12.8. The molecule has 3 rings (SSSR count). The number of barbiturate groups is 1. The molecule has 7 heteroatoms. The number of benzene rings is 2. The van der Waals surface area contributed by atoms with Crippen LogP contribution in [0.1, 0.15) is 19.4 Å². The van der Waals surface area contributed by atoms with E-state index in [0.717, 1.165) is 23.7 Å². The van der Waals surface area contributed by atoms with Crippen LogP contribution in [0.5, 0.6) is 0 Å². The summed E-state index contributed by atoms with van der Waals surface area (Å²) < 4.78 is 0. The molecule has 0 saturated carbocycles. The fourth-order valence-electron chi connectivity index (χ4n) is 3.02. The molecule has 28 heavy (non-hydrogen) atoms. The van der Waals surface area contributed by atoms with Crippen LogP contribution < -0.4 is 15.1 Å². The summed E-state index contributed by atoms with van der Waals surface area (Å²) in [5.74, 6) is -1.39. The first-order valence-electron chi connectivity index (χ1n) is 8.96. The molecule has 0 aromatic heterocycles. The summed E-state index contributed by atoms with van der Waals surface area (Å²) in [7, 11) is 0. The maximum Gasteiger partial charge on any atom is 0.335 e. The Morgan fingerprint density at radius 2 is 1.57 bits per heavy atom. The Hall–Kier alpha value is -3.12. The molecule has 2 aromatic rings. The van der Waals surface area contributed by atoms with Crippen LogP contribution in [-0.4, -0.2) is 30.9 Å². The van der Waals surface area contributed by atoms with Gasteiger partial charge >= 0.3 is 6.03 Å². The van der Waals surface area contributed by atoms with Crippen LogP contribution in [0.15, 0.2) is 54.1 Å². The normalized spacial score (nSPS) is 15.8. The van der Waals surface area contributed by atoms with Crippen LogP contribution in [0.3, 0.4) is 0 Å². The standard InChI is InChI=1S/C21H20ClN3O3/c1-3-24(4-2)16-9-5-14(6-10-16)13-18-19(26)23-21(28)25(20(18)27)17-11-7-15(22)8-12-17/h5-13H,3-4H2,1-2H3,(H,23,26,28)/b18-13-. The molecule has 2 aromatic carbocycles. The Morgan fingerprint density at radius 1 is 0.964 bits per heavy atom.